The summed E-state index contributed by atoms with van der Waals surface area (Å²) in [6.07, 6.45) is -1.76. The molecule has 0 fully saturated rings. The highest BCUT2D eigenvalue weighted by atomic mass is 32.2. The zero-order valence-corrected chi connectivity index (χ0v) is 13.5. The Kier molecular flexibility index (Phi) is 5.51. The highest BCUT2D eigenvalue weighted by Crippen LogP contribution is 2.38. The number of nitrogens with zero attached hydrogens (tertiary/aromatic N) is 1. The number of amides is 1. The smallest absolute Gasteiger partial charge is 0.375 e. The molecule has 1 aromatic heterocycles. The van der Waals surface area contributed by atoms with E-state index in [4.69, 9.17) is 0 Å². The number of benzene rings is 1. The van der Waals surface area contributed by atoms with Crippen molar-refractivity contribution in [3.8, 4) is 0 Å². The number of thioether (sulfide) groups is 1. The van der Waals surface area contributed by atoms with E-state index >= 15 is 0 Å². The summed E-state index contributed by atoms with van der Waals surface area (Å²) < 4.78 is 40.1. The molecule has 2 N–H and O–H groups in total. The van der Waals surface area contributed by atoms with E-state index < -0.39 is 24.2 Å². The van der Waals surface area contributed by atoms with E-state index in [0.717, 1.165) is 12.1 Å². The summed E-state index contributed by atoms with van der Waals surface area (Å²) in [5, 5.41) is 12.7. The summed E-state index contributed by atoms with van der Waals surface area (Å²) in [6.45, 7) is -0.998. The first kappa shape index (κ1) is 18.3. The van der Waals surface area contributed by atoms with Gasteiger partial charge in [0.05, 0.1) is 12.1 Å². The second kappa shape index (κ2) is 7.23. The third-order valence-electron chi connectivity index (χ3n) is 3.43. The molecule has 0 aliphatic heterocycles. The van der Waals surface area contributed by atoms with Crippen molar-refractivity contribution in [1.82, 2.24) is 10.3 Å². The number of rotatable bonds is 5. The van der Waals surface area contributed by atoms with E-state index in [1.54, 1.807) is 12.3 Å². The molecule has 2 rings (SSSR count). The van der Waals surface area contributed by atoms with Crippen LogP contribution in [0.2, 0.25) is 0 Å². The average Bonchev–Trinajstić information content (AvgIpc) is 2.59. The minimum atomic E-state index is -4.95. The lowest BCUT2D eigenvalue weighted by molar-refractivity contribution is -0.263. The monoisotopic (exact) mass is 356 g/mol. The maximum Gasteiger partial charge on any atom is 0.423 e. The summed E-state index contributed by atoms with van der Waals surface area (Å²) in [5.74, 6) is -0.731. The Morgan fingerprint density at radius 1 is 1.21 bits per heavy atom. The molecule has 0 saturated heterocycles. The standard InChI is InChI=1S/C16H15F3N2O2S/c1-24-14-12(8-5-9-20-14)13(22)21-10-15(23,16(17,18)19)11-6-3-2-4-7-11/h2-9,23H,10H2,1H3,(H,21,22)/t15-/m0/s1. The Hall–Kier alpha value is -2.06. The number of halogens is 3. The van der Waals surface area contributed by atoms with Crippen molar-refractivity contribution in [1.29, 1.82) is 0 Å². The molecule has 0 bridgehead atoms. The Morgan fingerprint density at radius 2 is 1.88 bits per heavy atom. The van der Waals surface area contributed by atoms with Gasteiger partial charge in [-0.25, -0.2) is 4.98 Å². The van der Waals surface area contributed by atoms with Crippen molar-refractivity contribution in [3.05, 3.63) is 59.8 Å². The molecule has 8 heteroatoms. The SMILES string of the molecule is CSc1ncccc1C(=O)NC[C@](O)(c1ccccc1)C(F)(F)F. The van der Waals surface area contributed by atoms with E-state index in [9.17, 15) is 23.1 Å². The molecular formula is C16H15F3N2O2S. The van der Waals surface area contributed by atoms with Gasteiger partial charge >= 0.3 is 6.18 Å². The van der Waals surface area contributed by atoms with Gasteiger partial charge in [-0.2, -0.15) is 13.2 Å². The largest absolute Gasteiger partial charge is 0.423 e. The van der Waals surface area contributed by atoms with Crippen molar-refractivity contribution < 1.29 is 23.1 Å². The van der Waals surface area contributed by atoms with Crippen LogP contribution in [-0.4, -0.2) is 35.0 Å². The average molecular weight is 356 g/mol. The van der Waals surface area contributed by atoms with E-state index in [0.29, 0.717) is 5.03 Å². The van der Waals surface area contributed by atoms with Crippen LogP contribution in [0.5, 0.6) is 0 Å². The summed E-state index contributed by atoms with van der Waals surface area (Å²) in [5.41, 5.74) is -3.36. The highest BCUT2D eigenvalue weighted by molar-refractivity contribution is 7.98. The number of nitrogens with one attached hydrogen (secondary N) is 1. The van der Waals surface area contributed by atoms with Gasteiger partial charge < -0.3 is 10.4 Å². The van der Waals surface area contributed by atoms with Gasteiger partial charge in [-0.1, -0.05) is 30.3 Å². The predicted octanol–water partition coefficient (Wildman–Crippen LogP) is 2.98. The Labute approximate surface area is 141 Å². The Bertz CT molecular complexity index is 710. The quantitative estimate of drug-likeness (QED) is 0.809. The fourth-order valence-electron chi connectivity index (χ4n) is 2.11. The van der Waals surface area contributed by atoms with Crippen LogP contribution in [0.25, 0.3) is 0 Å². The molecule has 0 radical (unpaired) electrons. The molecule has 0 aliphatic rings. The van der Waals surface area contributed by atoms with Crippen molar-refractivity contribution in [3.63, 3.8) is 0 Å². The van der Waals surface area contributed by atoms with Gasteiger partial charge in [0, 0.05) is 6.20 Å². The molecular weight excluding hydrogens is 341 g/mol. The summed E-state index contributed by atoms with van der Waals surface area (Å²) in [7, 11) is 0. The zero-order chi connectivity index (χ0) is 17.8. The fourth-order valence-corrected chi connectivity index (χ4v) is 2.66. The van der Waals surface area contributed by atoms with Gasteiger partial charge in [0.2, 0.25) is 5.60 Å². The van der Waals surface area contributed by atoms with E-state index in [2.05, 4.69) is 10.3 Å². The van der Waals surface area contributed by atoms with Gasteiger partial charge in [-0.05, 0) is 24.0 Å². The number of pyridine rings is 1. The normalized spacial score (nSPS) is 14.0. The van der Waals surface area contributed by atoms with Gasteiger partial charge in [0.25, 0.3) is 5.91 Å². The van der Waals surface area contributed by atoms with Gasteiger partial charge in [0.1, 0.15) is 5.03 Å². The van der Waals surface area contributed by atoms with Crippen LogP contribution < -0.4 is 5.32 Å². The first-order valence-electron chi connectivity index (χ1n) is 6.91. The molecule has 0 spiro atoms. The number of aliphatic hydroxyl groups is 1. The minimum absolute atomic E-state index is 0.155. The molecule has 1 heterocycles. The molecule has 0 unspecified atom stereocenters. The van der Waals surface area contributed by atoms with Crippen molar-refractivity contribution in [2.45, 2.75) is 16.8 Å². The van der Waals surface area contributed by atoms with Crippen LogP contribution in [0.4, 0.5) is 13.2 Å². The van der Waals surface area contributed by atoms with Crippen LogP contribution in [0, 0.1) is 0 Å². The van der Waals surface area contributed by atoms with Crippen LogP contribution >= 0.6 is 11.8 Å². The second-order valence-electron chi connectivity index (χ2n) is 4.97. The van der Waals surface area contributed by atoms with E-state index in [-0.39, 0.29) is 11.1 Å². The fraction of sp³-hybridized carbons (Fsp3) is 0.250. The van der Waals surface area contributed by atoms with Crippen LogP contribution in [0.3, 0.4) is 0 Å². The molecule has 1 amide bonds. The molecule has 0 aliphatic carbocycles. The lowest BCUT2D eigenvalue weighted by Crippen LogP contribution is -2.51. The third kappa shape index (κ3) is 3.70. The lowest BCUT2D eigenvalue weighted by Gasteiger charge is -2.31. The van der Waals surface area contributed by atoms with Gasteiger partial charge in [0.15, 0.2) is 0 Å². The molecule has 0 saturated carbocycles. The summed E-state index contributed by atoms with van der Waals surface area (Å²) in [4.78, 5) is 16.2. The van der Waals surface area contributed by atoms with Gasteiger partial charge in [-0.15, -0.1) is 11.8 Å². The number of hydrogen-bond donors (Lipinski definition) is 2. The first-order chi connectivity index (χ1) is 11.3. The van der Waals surface area contributed by atoms with Crippen molar-refractivity contribution in [2.75, 3.05) is 12.8 Å². The minimum Gasteiger partial charge on any atom is -0.375 e. The number of carbonyl (C=O) groups excluding carboxylic acids is 1. The van der Waals surface area contributed by atoms with Gasteiger partial charge in [-0.3, -0.25) is 4.79 Å². The third-order valence-corrected chi connectivity index (χ3v) is 4.15. The molecule has 4 nitrogen and oxygen atoms in total. The highest BCUT2D eigenvalue weighted by Gasteiger charge is 2.55. The maximum atomic E-state index is 13.4. The number of hydrogen-bond acceptors (Lipinski definition) is 4. The van der Waals surface area contributed by atoms with Crippen LogP contribution in [0.1, 0.15) is 15.9 Å². The number of carbonyl (C=O) groups is 1. The lowest BCUT2D eigenvalue weighted by atomic mass is 9.93. The number of aromatic nitrogens is 1. The second-order valence-corrected chi connectivity index (χ2v) is 5.76. The molecule has 1 aromatic carbocycles. The summed E-state index contributed by atoms with van der Waals surface area (Å²) >= 11 is 1.20. The predicted molar refractivity (Wildman–Crippen MR) is 84.7 cm³/mol. The summed E-state index contributed by atoms with van der Waals surface area (Å²) in [6, 6.07) is 9.63. The Balaban J connectivity index is 2.25. The molecule has 2 aromatic rings. The first-order valence-corrected chi connectivity index (χ1v) is 8.14. The van der Waals surface area contributed by atoms with Crippen molar-refractivity contribution >= 4 is 17.7 Å². The number of alkyl halides is 3. The van der Waals surface area contributed by atoms with Crippen molar-refractivity contribution in [2.24, 2.45) is 0 Å². The molecule has 24 heavy (non-hydrogen) atoms. The van der Waals surface area contributed by atoms with E-state index in [1.165, 1.54) is 42.2 Å². The maximum absolute atomic E-state index is 13.4. The zero-order valence-electron chi connectivity index (χ0n) is 12.7. The van der Waals surface area contributed by atoms with Crippen LogP contribution in [-0.2, 0) is 5.60 Å². The van der Waals surface area contributed by atoms with E-state index in [1.807, 2.05) is 0 Å². The van der Waals surface area contributed by atoms with Crippen LogP contribution in [0.15, 0.2) is 53.7 Å². The Morgan fingerprint density at radius 3 is 2.46 bits per heavy atom. The topological polar surface area (TPSA) is 62.2 Å². The molecule has 128 valence electrons. The molecule has 1 atom stereocenters.